The van der Waals surface area contributed by atoms with E-state index < -0.39 is 17.7 Å². The summed E-state index contributed by atoms with van der Waals surface area (Å²) >= 11 is 1.53. The van der Waals surface area contributed by atoms with Gasteiger partial charge in [0.15, 0.2) is 5.65 Å². The van der Waals surface area contributed by atoms with Crippen molar-refractivity contribution in [3.05, 3.63) is 24.3 Å². The third-order valence-electron chi connectivity index (χ3n) is 3.54. The number of hydrogen-bond acceptors (Lipinski definition) is 7. The van der Waals surface area contributed by atoms with Crippen LogP contribution < -0.4 is 5.32 Å². The number of thioether (sulfide) groups is 1. The Morgan fingerprint density at radius 3 is 2.74 bits per heavy atom. The van der Waals surface area contributed by atoms with Crippen LogP contribution in [0, 0.1) is 0 Å². The molecule has 0 saturated carbocycles. The average Bonchev–Trinajstić information content (AvgIpc) is 3.03. The van der Waals surface area contributed by atoms with Crippen molar-refractivity contribution in [2.45, 2.75) is 57.2 Å². The Kier molecular flexibility index (Phi) is 7.06. The van der Waals surface area contributed by atoms with E-state index in [1.807, 2.05) is 23.1 Å². The molecule has 8 nitrogen and oxygen atoms in total. The topological polar surface area (TPSA) is 94.8 Å². The van der Waals surface area contributed by atoms with Crippen molar-refractivity contribution < 1.29 is 19.1 Å². The van der Waals surface area contributed by atoms with Crippen molar-refractivity contribution in [2.75, 3.05) is 12.9 Å². The second-order valence-corrected chi connectivity index (χ2v) is 7.88. The number of aromatic nitrogens is 3. The second-order valence-electron chi connectivity index (χ2n) is 7.08. The largest absolute Gasteiger partial charge is 0.464 e. The molecular weight excluding hydrogens is 368 g/mol. The Hall–Kier alpha value is -2.29. The number of carbonyl (C=O) groups is 2. The molecule has 0 bridgehead atoms. The highest BCUT2D eigenvalue weighted by atomic mass is 32.2. The van der Waals surface area contributed by atoms with Gasteiger partial charge >= 0.3 is 12.1 Å². The zero-order chi connectivity index (χ0) is 20.0. The third kappa shape index (κ3) is 6.74. The number of carbonyl (C=O) groups excluding carboxylic acids is 2. The van der Waals surface area contributed by atoms with Crippen LogP contribution >= 0.6 is 11.8 Å². The summed E-state index contributed by atoms with van der Waals surface area (Å²) in [5.74, 6) is -0.395. The minimum Gasteiger partial charge on any atom is -0.464 e. The highest BCUT2D eigenvalue weighted by Gasteiger charge is 2.20. The number of ether oxygens (including phenoxy) is 2. The number of aryl methyl sites for hydroxylation is 1. The molecule has 2 aromatic heterocycles. The lowest BCUT2D eigenvalue weighted by Gasteiger charge is -2.23. The van der Waals surface area contributed by atoms with E-state index in [9.17, 15) is 9.59 Å². The predicted octanol–water partition coefficient (Wildman–Crippen LogP) is 2.84. The van der Waals surface area contributed by atoms with Gasteiger partial charge in [0.2, 0.25) is 0 Å². The number of esters is 1. The number of hydrogen-bond donors (Lipinski definition) is 1. The van der Waals surface area contributed by atoms with Crippen LogP contribution in [0.15, 0.2) is 23.6 Å². The molecule has 0 saturated heterocycles. The van der Waals surface area contributed by atoms with E-state index in [2.05, 4.69) is 15.3 Å². The predicted molar refractivity (Wildman–Crippen MR) is 103 cm³/mol. The van der Waals surface area contributed by atoms with Crippen molar-refractivity contribution in [3.8, 4) is 0 Å². The zero-order valence-electron chi connectivity index (χ0n) is 16.3. The number of amides is 1. The summed E-state index contributed by atoms with van der Waals surface area (Å²) in [5.41, 5.74) is 1.08. The van der Waals surface area contributed by atoms with E-state index in [0.29, 0.717) is 12.8 Å². The molecule has 9 heteroatoms. The van der Waals surface area contributed by atoms with Crippen LogP contribution in [0.4, 0.5) is 4.79 Å². The maximum atomic E-state index is 12.1. The summed E-state index contributed by atoms with van der Waals surface area (Å²) in [6.45, 7) is 6.80. The van der Waals surface area contributed by atoms with Crippen LogP contribution in [0.5, 0.6) is 0 Å². The molecular formula is C18H26N4O4S. The van der Waals surface area contributed by atoms with Gasteiger partial charge in [-0.15, -0.1) is 11.8 Å². The molecule has 0 aliphatic heterocycles. The summed E-state index contributed by atoms with van der Waals surface area (Å²) in [4.78, 5) is 32.1. The molecule has 27 heavy (non-hydrogen) atoms. The fourth-order valence-corrected chi connectivity index (χ4v) is 2.97. The first-order valence-electron chi connectivity index (χ1n) is 8.67. The van der Waals surface area contributed by atoms with Crippen LogP contribution in [-0.4, -0.2) is 50.9 Å². The molecule has 0 radical (unpaired) electrons. The molecule has 0 fully saturated rings. The average molecular weight is 394 g/mol. The van der Waals surface area contributed by atoms with Gasteiger partial charge in [0, 0.05) is 25.5 Å². The number of alkyl carbamates (subject to hydrolysis) is 1. The smallest absolute Gasteiger partial charge is 0.407 e. The van der Waals surface area contributed by atoms with Crippen molar-refractivity contribution in [1.29, 1.82) is 0 Å². The molecule has 2 heterocycles. The molecule has 0 aliphatic carbocycles. The summed E-state index contributed by atoms with van der Waals surface area (Å²) in [5, 5.41) is 3.61. The van der Waals surface area contributed by atoms with Crippen molar-refractivity contribution in [3.63, 3.8) is 0 Å². The van der Waals surface area contributed by atoms with Crippen LogP contribution in [0.3, 0.4) is 0 Å². The number of fused-ring (bicyclic) bond motifs is 1. The maximum Gasteiger partial charge on any atom is 0.407 e. The summed E-state index contributed by atoms with van der Waals surface area (Å²) in [6.07, 6.45) is 8.08. The van der Waals surface area contributed by atoms with Crippen molar-refractivity contribution in [1.82, 2.24) is 19.7 Å². The molecule has 148 valence electrons. The zero-order valence-corrected chi connectivity index (χ0v) is 17.1. The number of nitrogens with one attached hydrogen (secondary N) is 1. The molecule has 1 unspecified atom stereocenters. The van der Waals surface area contributed by atoms with Gasteiger partial charge in [-0.05, 0) is 39.9 Å². The Morgan fingerprint density at radius 1 is 1.37 bits per heavy atom. The maximum absolute atomic E-state index is 12.1. The summed E-state index contributed by atoms with van der Waals surface area (Å²) in [7, 11) is 0. The molecule has 1 N–H and O–H groups in total. The Labute approximate surface area is 163 Å². The molecule has 0 aromatic carbocycles. The molecule has 0 aliphatic rings. The minimum absolute atomic E-state index is 0.0806. The summed E-state index contributed by atoms with van der Waals surface area (Å²) in [6, 6.07) is -0.373. The van der Waals surface area contributed by atoms with Gasteiger partial charge in [0.05, 0.1) is 11.7 Å². The minimum atomic E-state index is -0.600. The monoisotopic (exact) mass is 394 g/mol. The number of nitrogens with zero attached hydrogens (tertiary/aromatic N) is 3. The van der Waals surface area contributed by atoms with E-state index in [0.717, 1.165) is 16.4 Å². The summed E-state index contributed by atoms with van der Waals surface area (Å²) < 4.78 is 12.3. The lowest BCUT2D eigenvalue weighted by Crippen LogP contribution is -2.42. The van der Waals surface area contributed by atoms with Crippen LogP contribution in [0.1, 0.15) is 39.8 Å². The van der Waals surface area contributed by atoms with E-state index in [-0.39, 0.29) is 12.6 Å². The molecule has 2 rings (SSSR count). The van der Waals surface area contributed by atoms with Gasteiger partial charge < -0.3 is 19.2 Å². The van der Waals surface area contributed by atoms with Crippen LogP contribution in [0.2, 0.25) is 0 Å². The van der Waals surface area contributed by atoms with Crippen LogP contribution in [-0.2, 0) is 20.7 Å². The fourth-order valence-electron chi connectivity index (χ4n) is 2.42. The van der Waals surface area contributed by atoms with Gasteiger partial charge in [-0.2, -0.15) is 0 Å². The molecule has 1 atom stereocenters. The van der Waals surface area contributed by atoms with Crippen LogP contribution in [0.25, 0.3) is 5.65 Å². The standard InChI is InChI=1S/C18H26N4O4S/c1-12(23)25-11-14(21-17(24)26-18(2,3)4)7-6-13-10-22-9-8-19-15(22)16(20-13)27-5/h8-10,14H,6-7,11H2,1-5H3,(H,21,24). The quantitative estimate of drug-likeness (QED) is 0.570. The lowest BCUT2D eigenvalue weighted by atomic mass is 10.1. The Balaban J connectivity index is 2.05. The first-order chi connectivity index (χ1) is 12.7. The molecule has 1 amide bonds. The number of imidazole rings is 1. The van der Waals surface area contributed by atoms with E-state index >= 15 is 0 Å². The van der Waals surface area contributed by atoms with E-state index in [4.69, 9.17) is 9.47 Å². The van der Waals surface area contributed by atoms with E-state index in [1.54, 1.807) is 27.0 Å². The van der Waals surface area contributed by atoms with Gasteiger partial charge in [-0.3, -0.25) is 4.79 Å². The second kappa shape index (κ2) is 9.07. The highest BCUT2D eigenvalue weighted by molar-refractivity contribution is 7.98. The van der Waals surface area contributed by atoms with Crippen molar-refractivity contribution >= 4 is 29.5 Å². The first kappa shape index (κ1) is 21.0. The third-order valence-corrected chi connectivity index (χ3v) is 4.20. The Bertz CT molecular complexity index is 800. The molecule has 0 spiro atoms. The normalized spacial score (nSPS) is 12.6. The van der Waals surface area contributed by atoms with E-state index in [1.165, 1.54) is 18.7 Å². The Morgan fingerprint density at radius 2 is 2.11 bits per heavy atom. The van der Waals surface area contributed by atoms with Gasteiger partial charge in [0.25, 0.3) is 0 Å². The SMILES string of the molecule is CSc1nc(CCC(COC(C)=O)NC(=O)OC(C)(C)C)cn2ccnc12. The molecule has 2 aromatic rings. The van der Waals surface area contributed by atoms with Gasteiger partial charge in [-0.25, -0.2) is 14.8 Å². The first-order valence-corrected chi connectivity index (χ1v) is 9.90. The van der Waals surface area contributed by atoms with Gasteiger partial charge in [-0.1, -0.05) is 0 Å². The number of rotatable bonds is 7. The van der Waals surface area contributed by atoms with Crippen molar-refractivity contribution in [2.24, 2.45) is 0 Å². The fraction of sp³-hybridized carbons (Fsp3) is 0.556. The van der Waals surface area contributed by atoms with Gasteiger partial charge in [0.1, 0.15) is 17.2 Å². The lowest BCUT2D eigenvalue weighted by molar-refractivity contribution is -0.141. The highest BCUT2D eigenvalue weighted by Crippen LogP contribution is 2.19.